The number of carbonyl (C=O) groups is 3. The van der Waals surface area contributed by atoms with Crippen molar-refractivity contribution < 1.29 is 27.6 Å². The van der Waals surface area contributed by atoms with E-state index in [1.54, 1.807) is 28.0 Å². The molecule has 12 heteroatoms. The fourth-order valence-corrected chi connectivity index (χ4v) is 4.52. The summed E-state index contributed by atoms with van der Waals surface area (Å²) in [5, 5.41) is 3.13. The predicted molar refractivity (Wildman–Crippen MR) is 139 cm³/mol. The number of hydrogen-bond acceptors (Lipinski definition) is 6. The Balaban J connectivity index is 1.40. The Kier molecular flexibility index (Phi) is 8.30. The summed E-state index contributed by atoms with van der Waals surface area (Å²) in [7, 11) is 0. The average Bonchev–Trinajstić information content (AvgIpc) is 3.35. The number of ketones is 1. The molecule has 1 saturated heterocycles. The lowest BCUT2D eigenvalue weighted by molar-refractivity contribution is -0.137. The van der Waals surface area contributed by atoms with Crippen molar-refractivity contribution >= 4 is 34.2 Å². The number of piperazine rings is 1. The van der Waals surface area contributed by atoms with Crippen LogP contribution in [-0.4, -0.2) is 63.7 Å². The van der Waals surface area contributed by atoms with Gasteiger partial charge in [0.1, 0.15) is 0 Å². The minimum atomic E-state index is -4.52. The predicted octanol–water partition coefficient (Wildman–Crippen LogP) is 4.39. The number of alkyl halides is 3. The smallest absolute Gasteiger partial charge is 0.339 e. The Bertz CT molecular complexity index is 1470. The number of anilines is 1. The van der Waals surface area contributed by atoms with Crippen LogP contribution in [0.3, 0.4) is 0 Å². The number of Topliss-reactive ketones (excluding diaryl/α,β-unsaturated/α-hetero) is 1. The Morgan fingerprint density at radius 1 is 1.03 bits per heavy atom. The van der Waals surface area contributed by atoms with E-state index in [4.69, 9.17) is 0 Å². The molecule has 202 valence electrons. The van der Waals surface area contributed by atoms with Crippen LogP contribution >= 0.6 is 11.3 Å². The minimum Gasteiger partial charge on any atom is -0.339 e. The average molecular weight is 556 g/mol. The number of aryl methyl sites for hydroxylation is 1. The molecule has 4 rings (SSSR count). The van der Waals surface area contributed by atoms with Gasteiger partial charge in [0.05, 0.1) is 23.1 Å². The standard InChI is InChI=1S/C27H24F3N5O3S/c1-17-3-4-20(24(37)15-22-14-21(7-8-31-22)27(28,29)30)13-19(17)5-6-23-16-32-25(39-23)33-26(38)35-11-9-34(10-12-35)18(2)36/h3-4,7-8,13-14,16H,9-12,15H2,1-2H3,(H,32,33,38). The molecule has 0 saturated carbocycles. The molecule has 3 amide bonds. The van der Waals surface area contributed by atoms with Gasteiger partial charge in [-0.1, -0.05) is 29.4 Å². The fourth-order valence-electron chi connectivity index (χ4n) is 3.86. The van der Waals surface area contributed by atoms with Crippen LogP contribution in [0.25, 0.3) is 0 Å². The summed E-state index contributed by atoms with van der Waals surface area (Å²) in [6, 6.07) is 6.36. The van der Waals surface area contributed by atoms with Gasteiger partial charge in [0.25, 0.3) is 0 Å². The van der Waals surface area contributed by atoms with Gasteiger partial charge in [0.2, 0.25) is 5.91 Å². The van der Waals surface area contributed by atoms with Gasteiger partial charge in [-0.15, -0.1) is 0 Å². The van der Waals surface area contributed by atoms with E-state index >= 15 is 0 Å². The number of amides is 3. The number of pyridine rings is 1. The Morgan fingerprint density at radius 3 is 2.44 bits per heavy atom. The lowest BCUT2D eigenvalue weighted by atomic mass is 10.00. The summed E-state index contributed by atoms with van der Waals surface area (Å²) in [6.45, 7) is 5.16. The van der Waals surface area contributed by atoms with Crippen molar-refractivity contribution in [2.75, 3.05) is 31.5 Å². The zero-order valence-corrected chi connectivity index (χ0v) is 21.9. The van der Waals surface area contributed by atoms with Crippen molar-refractivity contribution in [2.24, 2.45) is 0 Å². The molecule has 3 aromatic rings. The van der Waals surface area contributed by atoms with Crippen LogP contribution in [0.4, 0.5) is 23.1 Å². The summed E-state index contributed by atoms with van der Waals surface area (Å²) in [6.07, 6.45) is -2.22. The molecule has 1 aliphatic heterocycles. The van der Waals surface area contributed by atoms with Gasteiger partial charge in [0, 0.05) is 56.1 Å². The van der Waals surface area contributed by atoms with Crippen molar-refractivity contribution in [1.29, 1.82) is 0 Å². The first-order chi connectivity index (χ1) is 18.5. The van der Waals surface area contributed by atoms with E-state index in [0.717, 1.165) is 23.9 Å². The number of carbonyl (C=O) groups excluding carboxylic acids is 3. The SMILES string of the molecule is CC(=O)N1CCN(C(=O)Nc2ncc(C#Cc3cc(C(=O)Cc4cc(C(F)(F)F)ccn4)ccc3C)s2)CC1. The van der Waals surface area contributed by atoms with Crippen LogP contribution in [0.1, 0.15) is 44.5 Å². The van der Waals surface area contributed by atoms with Crippen molar-refractivity contribution in [3.8, 4) is 11.8 Å². The second-order valence-electron chi connectivity index (χ2n) is 8.87. The zero-order chi connectivity index (χ0) is 28.2. The van der Waals surface area contributed by atoms with Gasteiger partial charge < -0.3 is 9.80 Å². The molecule has 2 aromatic heterocycles. The lowest BCUT2D eigenvalue weighted by Crippen LogP contribution is -2.51. The third kappa shape index (κ3) is 7.20. The van der Waals surface area contributed by atoms with Gasteiger partial charge in [-0.25, -0.2) is 9.78 Å². The molecular formula is C27H24F3N5O3S. The van der Waals surface area contributed by atoms with Crippen LogP contribution < -0.4 is 5.32 Å². The number of aromatic nitrogens is 2. The number of nitrogens with one attached hydrogen (secondary N) is 1. The van der Waals surface area contributed by atoms with Gasteiger partial charge in [0.15, 0.2) is 10.9 Å². The van der Waals surface area contributed by atoms with Crippen LogP contribution in [-0.2, 0) is 17.4 Å². The molecule has 0 bridgehead atoms. The Labute approximate surface area is 226 Å². The minimum absolute atomic E-state index is 0.0175. The highest BCUT2D eigenvalue weighted by Crippen LogP contribution is 2.29. The zero-order valence-electron chi connectivity index (χ0n) is 21.1. The maximum absolute atomic E-state index is 13.0. The Hall–Kier alpha value is -4.24. The first-order valence-corrected chi connectivity index (χ1v) is 12.8. The highest BCUT2D eigenvalue weighted by Gasteiger charge is 2.31. The number of urea groups is 1. The molecular weight excluding hydrogens is 531 g/mol. The number of rotatable bonds is 4. The van der Waals surface area contributed by atoms with E-state index in [1.165, 1.54) is 24.5 Å². The van der Waals surface area contributed by atoms with E-state index in [1.807, 2.05) is 6.92 Å². The highest BCUT2D eigenvalue weighted by molar-refractivity contribution is 7.16. The maximum atomic E-state index is 13.0. The second kappa shape index (κ2) is 11.7. The number of nitrogens with zero attached hydrogens (tertiary/aromatic N) is 4. The van der Waals surface area contributed by atoms with E-state index in [0.29, 0.717) is 47.3 Å². The van der Waals surface area contributed by atoms with E-state index in [9.17, 15) is 27.6 Å². The van der Waals surface area contributed by atoms with Crippen molar-refractivity contribution in [3.63, 3.8) is 0 Å². The molecule has 1 aromatic carbocycles. The molecule has 8 nitrogen and oxygen atoms in total. The van der Waals surface area contributed by atoms with Crippen molar-refractivity contribution in [1.82, 2.24) is 19.8 Å². The first-order valence-electron chi connectivity index (χ1n) is 11.9. The summed E-state index contributed by atoms with van der Waals surface area (Å²) < 4.78 is 38.9. The molecule has 0 aliphatic carbocycles. The van der Waals surface area contributed by atoms with Gasteiger partial charge in [-0.3, -0.25) is 19.9 Å². The number of benzene rings is 1. The molecule has 1 fully saturated rings. The number of thiazole rings is 1. The molecule has 0 atom stereocenters. The first kappa shape index (κ1) is 27.8. The van der Waals surface area contributed by atoms with E-state index in [-0.39, 0.29) is 29.8 Å². The van der Waals surface area contributed by atoms with Crippen LogP contribution in [0.5, 0.6) is 0 Å². The van der Waals surface area contributed by atoms with Crippen LogP contribution in [0.15, 0.2) is 42.7 Å². The molecule has 0 unspecified atom stereocenters. The summed E-state index contributed by atoms with van der Waals surface area (Å²) >= 11 is 1.20. The summed E-state index contributed by atoms with van der Waals surface area (Å²) in [5.41, 5.74) is 0.889. The summed E-state index contributed by atoms with van der Waals surface area (Å²) in [5.74, 6) is 5.59. The van der Waals surface area contributed by atoms with Gasteiger partial charge in [-0.2, -0.15) is 13.2 Å². The largest absolute Gasteiger partial charge is 0.416 e. The van der Waals surface area contributed by atoms with Gasteiger partial charge >= 0.3 is 12.2 Å². The van der Waals surface area contributed by atoms with Crippen molar-refractivity contribution in [2.45, 2.75) is 26.4 Å². The molecule has 39 heavy (non-hydrogen) atoms. The lowest BCUT2D eigenvalue weighted by Gasteiger charge is -2.33. The number of halogens is 3. The highest BCUT2D eigenvalue weighted by atomic mass is 32.1. The third-order valence-electron chi connectivity index (χ3n) is 6.10. The normalized spacial score (nSPS) is 13.5. The van der Waals surface area contributed by atoms with E-state index < -0.39 is 11.7 Å². The molecule has 3 heterocycles. The third-order valence-corrected chi connectivity index (χ3v) is 6.93. The number of hydrogen-bond donors (Lipinski definition) is 1. The quantitative estimate of drug-likeness (QED) is 0.381. The van der Waals surface area contributed by atoms with Crippen LogP contribution in [0, 0.1) is 18.8 Å². The molecule has 0 spiro atoms. The second-order valence-corrected chi connectivity index (χ2v) is 9.90. The van der Waals surface area contributed by atoms with Gasteiger partial charge in [-0.05, 0) is 36.6 Å². The molecule has 0 radical (unpaired) electrons. The fraction of sp³-hybridized carbons (Fsp3) is 0.296. The molecule has 1 aliphatic rings. The summed E-state index contributed by atoms with van der Waals surface area (Å²) in [4.78, 5) is 48.7. The monoisotopic (exact) mass is 555 g/mol. The van der Waals surface area contributed by atoms with Crippen molar-refractivity contribution in [3.05, 3.63) is 75.6 Å². The maximum Gasteiger partial charge on any atom is 0.416 e. The Morgan fingerprint density at radius 2 is 1.74 bits per heavy atom. The van der Waals surface area contributed by atoms with Crippen LogP contribution in [0.2, 0.25) is 0 Å². The molecule has 1 N–H and O–H groups in total. The topological polar surface area (TPSA) is 95.5 Å². The van der Waals surface area contributed by atoms with E-state index in [2.05, 4.69) is 27.1 Å².